The molecule has 130 valence electrons. The largest absolute Gasteiger partial charge is 0.363 e. The minimum Gasteiger partial charge on any atom is -0.363 e. The van der Waals surface area contributed by atoms with E-state index in [0.29, 0.717) is 17.4 Å². The van der Waals surface area contributed by atoms with Crippen LogP contribution in [0.2, 0.25) is 5.02 Å². The number of benzene rings is 1. The van der Waals surface area contributed by atoms with E-state index in [4.69, 9.17) is 16.6 Å². The molecule has 0 bridgehead atoms. The summed E-state index contributed by atoms with van der Waals surface area (Å²) in [5, 5.41) is 4.02. The minimum atomic E-state index is 0.603. The summed E-state index contributed by atoms with van der Waals surface area (Å²) in [6.07, 6.45) is 5.41. The number of hydrogen-bond acceptors (Lipinski definition) is 4. The van der Waals surface area contributed by atoms with Crippen LogP contribution >= 0.6 is 27.5 Å². The summed E-state index contributed by atoms with van der Waals surface area (Å²) in [4.78, 5) is 13.5. The number of halogens is 2. The fourth-order valence-corrected chi connectivity index (χ4v) is 3.77. The van der Waals surface area contributed by atoms with Gasteiger partial charge in [-0.15, -0.1) is 0 Å². The summed E-state index contributed by atoms with van der Waals surface area (Å²) in [5.74, 6) is 0.695. The van der Waals surface area contributed by atoms with E-state index in [2.05, 4.69) is 31.2 Å². The summed E-state index contributed by atoms with van der Waals surface area (Å²) < 4.78 is 2.85. The predicted molar refractivity (Wildman–Crippen MR) is 107 cm³/mol. The normalized spacial score (nSPS) is 11.0. The Labute approximate surface area is 164 Å². The Kier molecular flexibility index (Phi) is 4.61. The first-order valence-corrected chi connectivity index (χ1v) is 9.23. The Morgan fingerprint density at radius 2 is 2.00 bits per heavy atom. The molecule has 0 aliphatic rings. The van der Waals surface area contributed by atoms with Crippen molar-refractivity contribution in [2.24, 2.45) is 0 Å². The summed E-state index contributed by atoms with van der Waals surface area (Å²) in [6, 6.07) is 11.6. The van der Waals surface area contributed by atoms with E-state index in [-0.39, 0.29) is 0 Å². The zero-order valence-electron chi connectivity index (χ0n) is 13.9. The number of aromatic nitrogens is 4. The molecule has 0 fully saturated rings. The summed E-state index contributed by atoms with van der Waals surface area (Å²) in [7, 11) is 0. The van der Waals surface area contributed by atoms with Crippen LogP contribution < -0.4 is 5.32 Å². The molecule has 0 aliphatic heterocycles. The smallest absolute Gasteiger partial charge is 0.181 e. The third-order valence-corrected chi connectivity index (χ3v) is 5.14. The number of nitrogens with zero attached hydrogens (tertiary/aromatic N) is 4. The van der Waals surface area contributed by atoms with Crippen molar-refractivity contribution in [1.29, 1.82) is 0 Å². The highest BCUT2D eigenvalue weighted by Crippen LogP contribution is 2.35. The molecular formula is C19H15BrClN5. The maximum atomic E-state index is 6.41. The van der Waals surface area contributed by atoms with Gasteiger partial charge in [-0.3, -0.25) is 9.38 Å². The first kappa shape index (κ1) is 17.0. The van der Waals surface area contributed by atoms with Gasteiger partial charge in [0.2, 0.25) is 0 Å². The van der Waals surface area contributed by atoms with Gasteiger partial charge in [0, 0.05) is 36.4 Å². The summed E-state index contributed by atoms with van der Waals surface area (Å²) >= 11 is 10.1. The lowest BCUT2D eigenvalue weighted by Crippen LogP contribution is -2.07. The molecule has 4 aromatic rings. The van der Waals surface area contributed by atoms with Crippen LogP contribution in [0, 0.1) is 6.92 Å². The molecule has 0 radical (unpaired) electrons. The second-order valence-corrected chi connectivity index (χ2v) is 7.01. The van der Waals surface area contributed by atoms with E-state index < -0.39 is 0 Å². The van der Waals surface area contributed by atoms with Gasteiger partial charge in [0.15, 0.2) is 11.5 Å². The quantitative estimate of drug-likeness (QED) is 0.490. The van der Waals surface area contributed by atoms with Crippen LogP contribution in [0.15, 0.2) is 59.6 Å². The van der Waals surface area contributed by atoms with E-state index in [0.717, 1.165) is 32.8 Å². The van der Waals surface area contributed by atoms with Gasteiger partial charge in [-0.05, 0) is 40.5 Å². The minimum absolute atomic E-state index is 0.603. The molecule has 0 saturated heterocycles. The lowest BCUT2D eigenvalue weighted by molar-refractivity contribution is 1.02. The molecule has 26 heavy (non-hydrogen) atoms. The van der Waals surface area contributed by atoms with Crippen LogP contribution in [-0.2, 0) is 6.54 Å². The molecule has 0 aliphatic carbocycles. The number of anilines is 1. The number of hydrogen-bond donors (Lipinski definition) is 1. The first-order valence-electron chi connectivity index (χ1n) is 8.06. The third kappa shape index (κ3) is 3.06. The van der Waals surface area contributed by atoms with Crippen LogP contribution in [0.4, 0.5) is 5.82 Å². The molecule has 5 nitrogen and oxygen atoms in total. The molecule has 0 spiro atoms. The lowest BCUT2D eigenvalue weighted by atomic mass is 10.1. The van der Waals surface area contributed by atoms with Gasteiger partial charge in [-0.2, -0.15) is 0 Å². The molecule has 3 heterocycles. The van der Waals surface area contributed by atoms with Gasteiger partial charge in [0.25, 0.3) is 0 Å². The van der Waals surface area contributed by atoms with Gasteiger partial charge in [-0.25, -0.2) is 9.97 Å². The highest BCUT2D eigenvalue weighted by molar-refractivity contribution is 9.10. The van der Waals surface area contributed by atoms with Crippen molar-refractivity contribution >= 4 is 39.0 Å². The average Bonchev–Trinajstić information content (AvgIpc) is 3.05. The fraction of sp³-hybridized carbons (Fsp3) is 0.105. The van der Waals surface area contributed by atoms with Crippen molar-refractivity contribution in [3.63, 3.8) is 0 Å². The lowest BCUT2D eigenvalue weighted by Gasteiger charge is -2.14. The molecule has 1 N–H and O–H groups in total. The first-order chi connectivity index (χ1) is 12.6. The van der Waals surface area contributed by atoms with Crippen molar-refractivity contribution in [2.75, 3.05) is 5.32 Å². The van der Waals surface area contributed by atoms with Gasteiger partial charge in [0.05, 0.1) is 5.02 Å². The number of rotatable bonds is 4. The van der Waals surface area contributed by atoms with Crippen LogP contribution in [-0.4, -0.2) is 19.4 Å². The topological polar surface area (TPSA) is 55.1 Å². The van der Waals surface area contributed by atoms with Gasteiger partial charge < -0.3 is 5.32 Å². The zero-order valence-corrected chi connectivity index (χ0v) is 16.3. The molecule has 0 amide bonds. The van der Waals surface area contributed by atoms with Crippen LogP contribution in [0.25, 0.3) is 16.9 Å². The van der Waals surface area contributed by atoms with Crippen molar-refractivity contribution in [3.05, 3.63) is 75.9 Å². The van der Waals surface area contributed by atoms with E-state index in [9.17, 15) is 0 Å². The average molecular weight is 429 g/mol. The van der Waals surface area contributed by atoms with Crippen molar-refractivity contribution < 1.29 is 0 Å². The van der Waals surface area contributed by atoms with Gasteiger partial charge in [-0.1, -0.05) is 35.9 Å². The number of aryl methyl sites for hydroxylation is 1. The Morgan fingerprint density at radius 1 is 1.15 bits per heavy atom. The Balaban J connectivity index is 1.84. The van der Waals surface area contributed by atoms with Gasteiger partial charge >= 0.3 is 0 Å². The van der Waals surface area contributed by atoms with E-state index in [1.807, 2.05) is 60.1 Å². The van der Waals surface area contributed by atoms with Crippen LogP contribution in [0.1, 0.15) is 11.3 Å². The van der Waals surface area contributed by atoms with Crippen LogP contribution in [0.3, 0.4) is 0 Å². The Bertz CT molecular complexity index is 1080. The SMILES string of the molecule is Cc1cnc2c(NCc3cccnc3)nc(-c3ccccc3Cl)c(Br)n12. The number of pyridine rings is 1. The molecule has 0 saturated carbocycles. The molecule has 0 unspecified atom stereocenters. The standard InChI is InChI=1S/C19H15BrClN5/c1-12-9-24-19-18(23-11-13-5-4-8-22-10-13)25-16(17(20)26(12)19)14-6-2-3-7-15(14)21/h2-10H,11H2,1H3,(H,23,25). The molecule has 0 atom stereocenters. The third-order valence-electron chi connectivity index (χ3n) is 4.08. The highest BCUT2D eigenvalue weighted by atomic mass is 79.9. The maximum absolute atomic E-state index is 6.41. The van der Waals surface area contributed by atoms with E-state index in [1.54, 1.807) is 6.20 Å². The number of fused-ring (bicyclic) bond motifs is 1. The monoisotopic (exact) mass is 427 g/mol. The van der Waals surface area contributed by atoms with Crippen molar-refractivity contribution in [3.8, 4) is 11.3 Å². The molecule has 3 aromatic heterocycles. The van der Waals surface area contributed by atoms with Gasteiger partial charge in [0.1, 0.15) is 10.3 Å². The number of imidazole rings is 1. The highest BCUT2D eigenvalue weighted by Gasteiger charge is 2.18. The van der Waals surface area contributed by atoms with Crippen LogP contribution in [0.5, 0.6) is 0 Å². The van der Waals surface area contributed by atoms with E-state index in [1.165, 1.54) is 0 Å². The van der Waals surface area contributed by atoms with Crippen molar-refractivity contribution in [1.82, 2.24) is 19.4 Å². The molecule has 4 rings (SSSR count). The van der Waals surface area contributed by atoms with E-state index >= 15 is 0 Å². The summed E-state index contributed by atoms with van der Waals surface area (Å²) in [5.41, 5.74) is 4.46. The fourth-order valence-electron chi connectivity index (χ4n) is 2.80. The Morgan fingerprint density at radius 3 is 2.77 bits per heavy atom. The Hall–Kier alpha value is -2.44. The second-order valence-electron chi connectivity index (χ2n) is 5.85. The maximum Gasteiger partial charge on any atom is 0.181 e. The summed E-state index contributed by atoms with van der Waals surface area (Å²) in [6.45, 7) is 2.61. The molecule has 1 aromatic carbocycles. The predicted octanol–water partition coefficient (Wildman–Crippen LogP) is 5.13. The molecular weight excluding hydrogens is 414 g/mol. The second kappa shape index (κ2) is 7.05. The zero-order chi connectivity index (χ0) is 18.1. The van der Waals surface area contributed by atoms with Crippen molar-refractivity contribution in [2.45, 2.75) is 13.5 Å². The molecule has 7 heteroatoms. The number of nitrogens with one attached hydrogen (secondary N) is 1.